The van der Waals surface area contributed by atoms with Crippen molar-refractivity contribution in [3.8, 4) is 28.1 Å². The first kappa shape index (κ1) is 24.5. The highest BCUT2D eigenvalue weighted by molar-refractivity contribution is 7.81. The average Bonchev–Trinajstić information content (AvgIpc) is 3.37. The van der Waals surface area contributed by atoms with Crippen LogP contribution in [0, 0.1) is 6.92 Å². The summed E-state index contributed by atoms with van der Waals surface area (Å²) in [4.78, 5) is 0.731. The third-order valence-electron chi connectivity index (χ3n) is 7.70. The van der Waals surface area contributed by atoms with Crippen LogP contribution in [0.15, 0.2) is 79.0 Å². The lowest BCUT2D eigenvalue weighted by Gasteiger charge is -2.13. The van der Waals surface area contributed by atoms with Crippen molar-refractivity contribution in [1.82, 2.24) is 8.97 Å². The molecule has 0 aliphatic carbocycles. The number of thiocarbonyl (C=S) groups is 1. The highest BCUT2D eigenvalue weighted by Crippen LogP contribution is 2.40. The van der Waals surface area contributed by atoms with Gasteiger partial charge in [-0.1, -0.05) is 73.2 Å². The number of hydrogen-bond donors (Lipinski definition) is 1. The van der Waals surface area contributed by atoms with Crippen LogP contribution in [-0.4, -0.2) is 21.1 Å². The van der Waals surface area contributed by atoms with Crippen LogP contribution in [0.3, 0.4) is 0 Å². The molecule has 38 heavy (non-hydrogen) atoms. The molecule has 5 heteroatoms. The Morgan fingerprint density at radius 3 is 2.32 bits per heavy atom. The first-order chi connectivity index (χ1) is 18.6. The maximum Gasteiger partial charge on any atom is 0.128 e. The van der Waals surface area contributed by atoms with Crippen molar-refractivity contribution in [2.24, 2.45) is 0 Å². The molecule has 0 amide bonds. The van der Waals surface area contributed by atoms with Gasteiger partial charge in [0.1, 0.15) is 16.4 Å². The lowest BCUT2D eigenvalue weighted by Crippen LogP contribution is -2.14. The molecule has 0 radical (unpaired) electrons. The van der Waals surface area contributed by atoms with Gasteiger partial charge < -0.3 is 14.6 Å². The van der Waals surface area contributed by atoms with Crippen molar-refractivity contribution in [3.63, 3.8) is 0 Å². The fourth-order valence-electron chi connectivity index (χ4n) is 5.65. The van der Waals surface area contributed by atoms with E-state index in [1.165, 1.54) is 39.2 Å². The van der Waals surface area contributed by atoms with Crippen LogP contribution in [0.4, 0.5) is 5.69 Å². The van der Waals surface area contributed by atoms with E-state index in [-0.39, 0.29) is 0 Å². The van der Waals surface area contributed by atoms with Gasteiger partial charge in [-0.15, -0.1) is 0 Å². The number of hydrogen-bond acceptors (Lipinski definition) is 2. The van der Waals surface area contributed by atoms with Crippen LogP contribution in [0.5, 0.6) is 5.75 Å². The molecular weight excluding hydrogens is 486 g/mol. The van der Waals surface area contributed by atoms with E-state index in [0.29, 0.717) is 0 Å². The van der Waals surface area contributed by atoms with E-state index in [2.05, 4.69) is 95.0 Å². The van der Waals surface area contributed by atoms with Crippen molar-refractivity contribution in [1.29, 1.82) is 0 Å². The Hall–Kier alpha value is -3.83. The molecule has 192 valence electrons. The van der Waals surface area contributed by atoms with Crippen LogP contribution in [0.25, 0.3) is 28.0 Å². The largest absolute Gasteiger partial charge is 0.497 e. The highest BCUT2D eigenvalue weighted by Gasteiger charge is 2.28. The molecule has 3 aromatic carbocycles. The number of imidazole rings is 1. The number of aryl methyl sites for hydroxylation is 4. The molecule has 5 aromatic rings. The summed E-state index contributed by atoms with van der Waals surface area (Å²) in [5, 5.41) is 3.56. The van der Waals surface area contributed by atoms with Crippen molar-refractivity contribution in [3.05, 3.63) is 101 Å². The van der Waals surface area contributed by atoms with Gasteiger partial charge in [0.15, 0.2) is 0 Å². The lowest BCUT2D eigenvalue weighted by atomic mass is 9.97. The minimum atomic E-state index is 0.731. The van der Waals surface area contributed by atoms with Crippen LogP contribution in [-0.2, 0) is 19.4 Å². The van der Waals surface area contributed by atoms with Crippen molar-refractivity contribution >= 4 is 28.5 Å². The fraction of sp³-hybridized carbons (Fsp3) is 0.242. The Balaban J connectivity index is 1.56. The van der Waals surface area contributed by atoms with Gasteiger partial charge in [0.25, 0.3) is 0 Å². The molecule has 0 unspecified atom stereocenters. The Kier molecular flexibility index (Phi) is 6.54. The molecule has 0 saturated heterocycles. The summed E-state index contributed by atoms with van der Waals surface area (Å²) in [6.45, 7) is 5.31. The molecule has 0 spiro atoms. The first-order valence-electron chi connectivity index (χ1n) is 13.5. The zero-order valence-electron chi connectivity index (χ0n) is 22.3. The third kappa shape index (κ3) is 4.31. The second-order valence-corrected chi connectivity index (χ2v) is 10.5. The number of rotatable bonds is 6. The predicted octanol–water partition coefficient (Wildman–Crippen LogP) is 8.08. The minimum Gasteiger partial charge on any atom is -0.497 e. The van der Waals surface area contributed by atoms with E-state index in [0.717, 1.165) is 59.9 Å². The molecule has 1 aliphatic heterocycles. The zero-order chi connectivity index (χ0) is 26.2. The van der Waals surface area contributed by atoms with Gasteiger partial charge in [-0.05, 0) is 73.6 Å². The Morgan fingerprint density at radius 2 is 1.63 bits per heavy atom. The van der Waals surface area contributed by atoms with Crippen molar-refractivity contribution in [2.45, 2.75) is 46.1 Å². The Labute approximate surface area is 229 Å². The fourth-order valence-corrected chi connectivity index (χ4v) is 5.96. The van der Waals surface area contributed by atoms with Crippen LogP contribution in [0.1, 0.15) is 42.1 Å². The lowest BCUT2D eigenvalue weighted by molar-refractivity contribution is 0.415. The molecule has 0 fully saturated rings. The zero-order valence-corrected chi connectivity index (χ0v) is 23.1. The van der Waals surface area contributed by atoms with Crippen LogP contribution >= 0.6 is 12.2 Å². The Morgan fingerprint density at radius 1 is 0.921 bits per heavy atom. The van der Waals surface area contributed by atoms with Gasteiger partial charge >= 0.3 is 0 Å². The number of methoxy groups -OCH3 is 1. The van der Waals surface area contributed by atoms with Crippen molar-refractivity contribution in [2.75, 3.05) is 12.4 Å². The van der Waals surface area contributed by atoms with Gasteiger partial charge in [-0.25, -0.2) is 0 Å². The summed E-state index contributed by atoms with van der Waals surface area (Å²) in [5.41, 5.74) is 12.1. The second-order valence-electron chi connectivity index (χ2n) is 10.1. The van der Waals surface area contributed by atoms with E-state index in [9.17, 15) is 0 Å². The average molecular weight is 520 g/mol. The van der Waals surface area contributed by atoms with Gasteiger partial charge in [-0.2, -0.15) is 0 Å². The maximum atomic E-state index is 6.16. The smallest absolute Gasteiger partial charge is 0.128 e. The van der Waals surface area contributed by atoms with E-state index in [4.69, 9.17) is 17.0 Å². The number of anilines is 1. The standard InChI is InChI=1S/C33H33N3OS/c1-4-23-10-16-26(17-11-23)34-32(38)31-30(25-14-18-27(37-3)19-15-25)28-7-5-6-20-35-29(21-36(31)33(28)35)24-12-8-22(2)9-13-24/h8-19,21H,4-7,20H2,1-3H3,(H,34,38). The molecule has 3 heterocycles. The molecule has 0 bridgehead atoms. The van der Waals surface area contributed by atoms with E-state index < -0.39 is 0 Å². The highest BCUT2D eigenvalue weighted by atomic mass is 32.1. The molecule has 2 aromatic heterocycles. The molecule has 0 atom stereocenters. The van der Waals surface area contributed by atoms with Crippen LogP contribution in [0.2, 0.25) is 0 Å². The summed E-state index contributed by atoms with van der Waals surface area (Å²) in [7, 11) is 1.71. The van der Waals surface area contributed by atoms with Gasteiger partial charge in [-0.3, -0.25) is 4.40 Å². The number of nitrogens with zero attached hydrogens (tertiary/aromatic N) is 2. The SMILES string of the molecule is CCc1ccc(NC(=S)c2c(-c3ccc(OC)cc3)c3c4n(c(-c5ccc(C)cc5)cn24)CCCC3)cc1. The number of aromatic nitrogens is 2. The van der Waals surface area contributed by atoms with E-state index in [1.54, 1.807) is 7.11 Å². The monoisotopic (exact) mass is 519 g/mol. The summed E-state index contributed by atoms with van der Waals surface area (Å²) in [5.74, 6) is 0.854. The summed E-state index contributed by atoms with van der Waals surface area (Å²) < 4.78 is 10.3. The molecule has 6 rings (SSSR count). The normalized spacial score (nSPS) is 12.9. The first-order valence-corrected chi connectivity index (χ1v) is 13.9. The Bertz CT molecular complexity index is 1610. The molecule has 1 aliphatic rings. The van der Waals surface area contributed by atoms with E-state index >= 15 is 0 Å². The molecule has 1 N–H and O–H groups in total. The van der Waals surface area contributed by atoms with Gasteiger partial charge in [0.05, 0.1) is 18.5 Å². The topological polar surface area (TPSA) is 30.6 Å². The van der Waals surface area contributed by atoms with Gasteiger partial charge in [0, 0.05) is 29.6 Å². The number of nitrogens with one attached hydrogen (secondary N) is 1. The summed E-state index contributed by atoms with van der Waals surface area (Å²) >= 11 is 6.16. The molecule has 0 saturated carbocycles. The molecular formula is C33H33N3OS. The third-order valence-corrected chi connectivity index (χ3v) is 7.99. The van der Waals surface area contributed by atoms with E-state index in [1.807, 2.05) is 12.1 Å². The molecule has 4 nitrogen and oxygen atoms in total. The van der Waals surface area contributed by atoms with Crippen molar-refractivity contribution < 1.29 is 4.74 Å². The number of ether oxygens (including phenoxy) is 1. The predicted molar refractivity (Wildman–Crippen MR) is 162 cm³/mol. The van der Waals surface area contributed by atoms with Crippen LogP contribution < -0.4 is 10.1 Å². The summed E-state index contributed by atoms with van der Waals surface area (Å²) in [6.07, 6.45) is 6.63. The number of benzene rings is 3. The van der Waals surface area contributed by atoms with Gasteiger partial charge in [0.2, 0.25) is 0 Å². The second kappa shape index (κ2) is 10.1. The quantitative estimate of drug-likeness (QED) is 0.230. The maximum absolute atomic E-state index is 6.16. The minimum absolute atomic E-state index is 0.731. The summed E-state index contributed by atoms with van der Waals surface area (Å²) in [6, 6.07) is 25.8.